The Morgan fingerprint density at radius 2 is 2.30 bits per heavy atom. The summed E-state index contributed by atoms with van der Waals surface area (Å²) in [6, 6.07) is 5.06. The molecule has 1 spiro atoms. The quantitative estimate of drug-likeness (QED) is 0.615. The van der Waals surface area contributed by atoms with Gasteiger partial charge in [0.2, 0.25) is 0 Å². The van der Waals surface area contributed by atoms with Crippen molar-refractivity contribution in [1.82, 2.24) is 10.6 Å². The van der Waals surface area contributed by atoms with Gasteiger partial charge in [-0.15, -0.1) is 11.3 Å². The van der Waals surface area contributed by atoms with Crippen LogP contribution in [0.15, 0.2) is 22.5 Å². The minimum absolute atomic E-state index is 0.285. The van der Waals surface area contributed by atoms with Crippen LogP contribution in [0.25, 0.3) is 0 Å². The summed E-state index contributed by atoms with van der Waals surface area (Å²) in [5, 5.41) is 9.38. The molecule has 2 N–H and O–H groups in total. The molecule has 0 amide bonds. The summed E-state index contributed by atoms with van der Waals surface area (Å²) in [5.41, 5.74) is 0.359. The Bertz CT molecular complexity index is 524. The summed E-state index contributed by atoms with van der Waals surface area (Å²) in [6.45, 7) is 7.99. The maximum Gasteiger partial charge on any atom is 0.191 e. The Kier molecular flexibility index (Phi) is 5.27. The standard InChI is InChI=1S/C18H29N3OS/c1-4-19-17(20-13(3)14-8-6-11-23-14)21-15-12-16(22-5-2)18(15)9-7-10-18/h6,8,11,13,15-16H,4-5,7,9-10,12H2,1-3H3,(H2,19,20,21). The normalized spacial score (nSPS) is 27.2. The molecule has 128 valence electrons. The smallest absolute Gasteiger partial charge is 0.191 e. The van der Waals surface area contributed by atoms with Crippen LogP contribution < -0.4 is 10.6 Å². The minimum atomic E-state index is 0.285. The number of hydrogen-bond donors (Lipinski definition) is 2. The van der Waals surface area contributed by atoms with Gasteiger partial charge >= 0.3 is 0 Å². The zero-order chi connectivity index (χ0) is 16.3. The highest BCUT2D eigenvalue weighted by atomic mass is 32.1. The van der Waals surface area contributed by atoms with E-state index in [0.29, 0.717) is 17.6 Å². The fourth-order valence-electron chi connectivity index (χ4n) is 3.91. The maximum atomic E-state index is 5.95. The highest BCUT2D eigenvalue weighted by Gasteiger charge is 2.59. The third kappa shape index (κ3) is 3.26. The van der Waals surface area contributed by atoms with Crippen LogP contribution in [-0.4, -0.2) is 31.3 Å². The molecule has 3 unspecified atom stereocenters. The van der Waals surface area contributed by atoms with Gasteiger partial charge in [-0.2, -0.15) is 0 Å². The van der Waals surface area contributed by atoms with Gasteiger partial charge in [-0.05, 0) is 51.5 Å². The molecule has 2 aliphatic rings. The molecule has 3 atom stereocenters. The zero-order valence-electron chi connectivity index (χ0n) is 14.5. The molecule has 2 aliphatic carbocycles. The van der Waals surface area contributed by atoms with Crippen LogP contribution in [0.3, 0.4) is 0 Å². The predicted octanol–water partition coefficient (Wildman–Crippen LogP) is 3.71. The summed E-state index contributed by atoms with van der Waals surface area (Å²) in [6.07, 6.45) is 5.45. The SMILES string of the molecule is CCN=C(NC(C)c1cccs1)NC1CC(OCC)C12CCC2. The van der Waals surface area contributed by atoms with E-state index in [9.17, 15) is 0 Å². The molecule has 5 heteroatoms. The fraction of sp³-hybridized carbons (Fsp3) is 0.722. The second-order valence-corrected chi connectivity index (χ2v) is 7.65. The van der Waals surface area contributed by atoms with E-state index in [1.54, 1.807) is 11.3 Å². The Hall–Kier alpha value is -1.07. The number of nitrogens with one attached hydrogen (secondary N) is 2. The molecule has 0 radical (unpaired) electrons. The van der Waals surface area contributed by atoms with E-state index in [1.807, 2.05) is 0 Å². The number of guanidine groups is 1. The van der Waals surface area contributed by atoms with E-state index in [-0.39, 0.29) is 6.04 Å². The molecule has 1 aromatic rings. The predicted molar refractivity (Wildman–Crippen MR) is 97.1 cm³/mol. The number of rotatable bonds is 6. The number of ether oxygens (including phenoxy) is 1. The Morgan fingerprint density at radius 3 is 2.87 bits per heavy atom. The van der Waals surface area contributed by atoms with E-state index < -0.39 is 0 Å². The molecule has 0 aliphatic heterocycles. The third-order valence-electron chi connectivity index (χ3n) is 5.39. The lowest BCUT2D eigenvalue weighted by Crippen LogP contribution is -2.68. The zero-order valence-corrected chi connectivity index (χ0v) is 15.3. The largest absolute Gasteiger partial charge is 0.378 e. The van der Waals surface area contributed by atoms with Crippen molar-refractivity contribution in [3.05, 3.63) is 22.4 Å². The topological polar surface area (TPSA) is 45.7 Å². The van der Waals surface area contributed by atoms with Gasteiger partial charge in [0, 0.05) is 29.5 Å². The van der Waals surface area contributed by atoms with Gasteiger partial charge in [0.15, 0.2) is 5.96 Å². The molecular formula is C18H29N3OS. The number of nitrogens with zero attached hydrogens (tertiary/aromatic N) is 1. The van der Waals surface area contributed by atoms with Gasteiger partial charge < -0.3 is 15.4 Å². The van der Waals surface area contributed by atoms with Gasteiger partial charge in [0.05, 0.1) is 12.1 Å². The van der Waals surface area contributed by atoms with Crippen LogP contribution in [0.5, 0.6) is 0 Å². The monoisotopic (exact) mass is 335 g/mol. The second-order valence-electron chi connectivity index (χ2n) is 6.67. The molecule has 23 heavy (non-hydrogen) atoms. The van der Waals surface area contributed by atoms with Crippen LogP contribution in [0, 0.1) is 5.41 Å². The summed E-state index contributed by atoms with van der Waals surface area (Å²) in [5.74, 6) is 0.944. The Morgan fingerprint density at radius 1 is 1.48 bits per heavy atom. The first-order valence-electron chi connectivity index (χ1n) is 8.92. The average Bonchev–Trinajstić information content (AvgIpc) is 2.98. The van der Waals surface area contributed by atoms with Crippen molar-refractivity contribution in [2.75, 3.05) is 13.2 Å². The summed E-state index contributed by atoms with van der Waals surface area (Å²) in [4.78, 5) is 5.99. The first-order chi connectivity index (χ1) is 11.2. The number of aliphatic imine (C=N–C) groups is 1. The highest BCUT2D eigenvalue weighted by molar-refractivity contribution is 7.10. The maximum absolute atomic E-state index is 5.95. The van der Waals surface area contributed by atoms with Gasteiger partial charge in [0.25, 0.3) is 0 Å². The van der Waals surface area contributed by atoms with Gasteiger partial charge in [0.1, 0.15) is 0 Å². The lowest BCUT2D eigenvalue weighted by molar-refractivity contribution is -0.168. The molecular weight excluding hydrogens is 306 g/mol. The fourth-order valence-corrected chi connectivity index (χ4v) is 4.65. The van der Waals surface area contributed by atoms with E-state index in [4.69, 9.17) is 4.74 Å². The van der Waals surface area contributed by atoms with E-state index >= 15 is 0 Å². The van der Waals surface area contributed by atoms with Crippen LogP contribution in [0.4, 0.5) is 0 Å². The van der Waals surface area contributed by atoms with E-state index in [1.165, 1.54) is 24.1 Å². The number of hydrogen-bond acceptors (Lipinski definition) is 3. The van der Waals surface area contributed by atoms with Crippen molar-refractivity contribution < 1.29 is 4.74 Å². The van der Waals surface area contributed by atoms with Crippen molar-refractivity contribution in [3.8, 4) is 0 Å². The van der Waals surface area contributed by atoms with Gasteiger partial charge in [-0.1, -0.05) is 12.5 Å². The van der Waals surface area contributed by atoms with Crippen molar-refractivity contribution in [3.63, 3.8) is 0 Å². The molecule has 0 bridgehead atoms. The van der Waals surface area contributed by atoms with Crippen molar-refractivity contribution in [1.29, 1.82) is 0 Å². The third-order valence-corrected chi connectivity index (χ3v) is 6.44. The minimum Gasteiger partial charge on any atom is -0.378 e. The molecule has 0 aromatic carbocycles. The number of thiophene rings is 1. The first kappa shape index (κ1) is 16.8. The molecule has 2 saturated carbocycles. The summed E-state index contributed by atoms with van der Waals surface area (Å²) >= 11 is 1.79. The first-order valence-corrected chi connectivity index (χ1v) is 9.80. The van der Waals surface area contributed by atoms with Crippen molar-refractivity contribution in [2.45, 2.75) is 64.6 Å². The van der Waals surface area contributed by atoms with Crippen LogP contribution in [0.2, 0.25) is 0 Å². The summed E-state index contributed by atoms with van der Waals surface area (Å²) < 4.78 is 5.95. The Balaban J connectivity index is 1.61. The lowest BCUT2D eigenvalue weighted by Gasteiger charge is -2.61. The van der Waals surface area contributed by atoms with Crippen LogP contribution in [0.1, 0.15) is 57.4 Å². The van der Waals surface area contributed by atoms with Gasteiger partial charge in [-0.25, -0.2) is 0 Å². The molecule has 2 fully saturated rings. The lowest BCUT2D eigenvalue weighted by atomic mass is 9.51. The molecule has 4 nitrogen and oxygen atoms in total. The molecule has 1 aromatic heterocycles. The van der Waals surface area contributed by atoms with E-state index in [0.717, 1.165) is 25.5 Å². The highest BCUT2D eigenvalue weighted by Crippen LogP contribution is 2.57. The van der Waals surface area contributed by atoms with Crippen LogP contribution >= 0.6 is 11.3 Å². The summed E-state index contributed by atoms with van der Waals surface area (Å²) in [7, 11) is 0. The second kappa shape index (κ2) is 7.22. The Labute approximate surface area is 143 Å². The molecule has 3 rings (SSSR count). The van der Waals surface area contributed by atoms with Crippen molar-refractivity contribution in [2.24, 2.45) is 10.4 Å². The molecule has 0 saturated heterocycles. The van der Waals surface area contributed by atoms with Crippen LogP contribution in [-0.2, 0) is 4.74 Å². The van der Waals surface area contributed by atoms with E-state index in [2.05, 4.69) is 53.9 Å². The molecule has 1 heterocycles. The van der Waals surface area contributed by atoms with Crippen molar-refractivity contribution >= 4 is 17.3 Å². The van der Waals surface area contributed by atoms with Gasteiger partial charge in [-0.3, -0.25) is 4.99 Å². The average molecular weight is 336 g/mol.